The molecule has 1 aliphatic rings. The van der Waals surface area contributed by atoms with E-state index in [9.17, 15) is 0 Å². The van der Waals surface area contributed by atoms with Gasteiger partial charge in [0.25, 0.3) is 0 Å². The third kappa shape index (κ3) is 2.83. The van der Waals surface area contributed by atoms with Gasteiger partial charge in [0, 0.05) is 6.61 Å². The second-order valence-corrected chi connectivity index (χ2v) is 4.88. The number of aromatic amines is 1. The van der Waals surface area contributed by atoms with Gasteiger partial charge in [0.1, 0.15) is 6.10 Å². The van der Waals surface area contributed by atoms with Crippen molar-refractivity contribution in [1.82, 2.24) is 15.2 Å². The Balaban J connectivity index is 1.68. The molecule has 1 aromatic heterocycles. The molecule has 0 radical (unpaired) electrons. The summed E-state index contributed by atoms with van der Waals surface area (Å²) in [4.78, 5) is 4.47. The van der Waals surface area contributed by atoms with E-state index in [-0.39, 0.29) is 12.1 Å². The maximum Gasteiger partial charge on any atom is 0.167 e. The van der Waals surface area contributed by atoms with Crippen LogP contribution in [0.4, 0.5) is 0 Å². The van der Waals surface area contributed by atoms with Crippen molar-refractivity contribution >= 4 is 0 Å². The Bertz CT molecular complexity index is 519. The Morgan fingerprint density at radius 2 is 2.21 bits per heavy atom. The average Bonchev–Trinajstić information content (AvgIpc) is 3.11. The molecule has 5 nitrogen and oxygen atoms in total. The number of nitrogens with zero attached hydrogens (tertiary/aromatic N) is 2. The van der Waals surface area contributed by atoms with E-state index in [1.165, 1.54) is 5.56 Å². The molecule has 0 unspecified atom stereocenters. The molecule has 5 heteroatoms. The summed E-state index contributed by atoms with van der Waals surface area (Å²) in [6, 6.07) is 9.96. The number of H-pyrrole nitrogens is 1. The van der Waals surface area contributed by atoms with Crippen molar-refractivity contribution in [2.45, 2.75) is 31.4 Å². The maximum absolute atomic E-state index is 6.15. The molecular weight excluding hydrogens is 240 g/mol. The highest BCUT2D eigenvalue weighted by Gasteiger charge is 2.22. The molecule has 0 saturated carbocycles. The number of benzene rings is 1. The van der Waals surface area contributed by atoms with E-state index in [0.29, 0.717) is 5.82 Å². The smallest absolute Gasteiger partial charge is 0.167 e. The molecule has 2 heterocycles. The van der Waals surface area contributed by atoms with Gasteiger partial charge in [-0.15, -0.1) is 0 Å². The van der Waals surface area contributed by atoms with Gasteiger partial charge >= 0.3 is 0 Å². The molecule has 0 aliphatic carbocycles. The Kier molecular flexibility index (Phi) is 3.57. The van der Waals surface area contributed by atoms with Crippen LogP contribution in [-0.2, 0) is 11.2 Å². The van der Waals surface area contributed by atoms with Crippen LogP contribution in [0.1, 0.15) is 42.2 Å². The van der Waals surface area contributed by atoms with Crippen molar-refractivity contribution in [3.63, 3.8) is 0 Å². The van der Waals surface area contributed by atoms with E-state index < -0.39 is 0 Å². The van der Waals surface area contributed by atoms with Crippen LogP contribution in [0.3, 0.4) is 0 Å². The largest absolute Gasteiger partial charge is 0.370 e. The lowest BCUT2D eigenvalue weighted by Crippen LogP contribution is -2.15. The summed E-state index contributed by atoms with van der Waals surface area (Å²) in [6.45, 7) is 0.802. The summed E-state index contributed by atoms with van der Waals surface area (Å²) < 4.78 is 5.58. The number of ether oxygens (including phenoxy) is 1. The van der Waals surface area contributed by atoms with Crippen LogP contribution >= 0.6 is 0 Å². The molecule has 0 amide bonds. The number of nitrogens with one attached hydrogen (secondary N) is 1. The lowest BCUT2D eigenvalue weighted by Gasteiger charge is -2.07. The van der Waals surface area contributed by atoms with E-state index in [1.54, 1.807) is 0 Å². The third-order valence-corrected chi connectivity index (χ3v) is 3.38. The second-order valence-electron chi connectivity index (χ2n) is 4.88. The maximum atomic E-state index is 6.15. The zero-order valence-electron chi connectivity index (χ0n) is 10.7. The molecule has 100 valence electrons. The lowest BCUT2D eigenvalue weighted by atomic mass is 10.1. The van der Waals surface area contributed by atoms with Gasteiger partial charge in [0.15, 0.2) is 11.6 Å². The summed E-state index contributed by atoms with van der Waals surface area (Å²) >= 11 is 0. The highest BCUT2D eigenvalue weighted by atomic mass is 16.5. The normalized spacial score (nSPS) is 20.6. The highest BCUT2D eigenvalue weighted by Crippen LogP contribution is 2.26. The van der Waals surface area contributed by atoms with E-state index >= 15 is 0 Å². The fraction of sp³-hybridized carbons (Fsp3) is 0.429. The molecule has 1 fully saturated rings. The predicted octanol–water partition coefficient (Wildman–Crippen LogP) is 1.90. The number of aromatic nitrogens is 3. The Hall–Kier alpha value is -1.72. The quantitative estimate of drug-likeness (QED) is 0.878. The lowest BCUT2D eigenvalue weighted by molar-refractivity contribution is 0.105. The van der Waals surface area contributed by atoms with Crippen molar-refractivity contribution in [2.24, 2.45) is 5.73 Å². The van der Waals surface area contributed by atoms with Gasteiger partial charge in [-0.3, -0.25) is 5.10 Å². The Labute approximate surface area is 112 Å². The first-order valence-corrected chi connectivity index (χ1v) is 6.66. The van der Waals surface area contributed by atoms with Gasteiger partial charge in [-0.25, -0.2) is 4.98 Å². The molecule has 2 atom stereocenters. The van der Waals surface area contributed by atoms with Crippen molar-refractivity contribution in [3.05, 3.63) is 47.5 Å². The average molecular weight is 258 g/mol. The summed E-state index contributed by atoms with van der Waals surface area (Å²) in [5.74, 6) is 1.46. The molecule has 1 saturated heterocycles. The highest BCUT2D eigenvalue weighted by molar-refractivity contribution is 5.17. The first-order chi connectivity index (χ1) is 9.33. The first kappa shape index (κ1) is 12.3. The topological polar surface area (TPSA) is 76.8 Å². The van der Waals surface area contributed by atoms with Crippen LogP contribution in [0.25, 0.3) is 0 Å². The van der Waals surface area contributed by atoms with Gasteiger partial charge in [0.2, 0.25) is 0 Å². The zero-order valence-corrected chi connectivity index (χ0v) is 10.7. The van der Waals surface area contributed by atoms with Gasteiger partial charge in [-0.05, 0) is 24.8 Å². The molecule has 19 heavy (non-hydrogen) atoms. The second kappa shape index (κ2) is 5.50. The first-order valence-electron chi connectivity index (χ1n) is 6.66. The number of nitrogens with two attached hydrogens (primary N) is 1. The Morgan fingerprint density at radius 3 is 2.95 bits per heavy atom. The molecule has 2 aromatic rings. The van der Waals surface area contributed by atoms with E-state index in [1.807, 2.05) is 18.2 Å². The van der Waals surface area contributed by atoms with Gasteiger partial charge in [0.05, 0.1) is 6.04 Å². The fourth-order valence-corrected chi connectivity index (χ4v) is 2.35. The minimum Gasteiger partial charge on any atom is -0.370 e. The SMILES string of the molecule is N[C@H](Cc1ccccc1)c1n[nH]c([C@@H]2CCCO2)n1. The molecular formula is C14H18N4O. The predicted molar refractivity (Wildman–Crippen MR) is 71.4 cm³/mol. The van der Waals surface area contributed by atoms with Crippen molar-refractivity contribution in [1.29, 1.82) is 0 Å². The van der Waals surface area contributed by atoms with E-state index in [4.69, 9.17) is 10.5 Å². The van der Waals surface area contributed by atoms with Gasteiger partial charge < -0.3 is 10.5 Å². The Morgan fingerprint density at radius 1 is 1.37 bits per heavy atom. The van der Waals surface area contributed by atoms with Crippen molar-refractivity contribution in [3.8, 4) is 0 Å². The minimum atomic E-state index is -0.186. The van der Waals surface area contributed by atoms with Crippen LogP contribution in [0.5, 0.6) is 0 Å². The summed E-state index contributed by atoms with van der Waals surface area (Å²) in [5, 5.41) is 7.16. The molecule has 1 aliphatic heterocycles. The number of rotatable bonds is 4. The van der Waals surface area contributed by atoms with E-state index in [2.05, 4.69) is 27.3 Å². The van der Waals surface area contributed by atoms with Crippen molar-refractivity contribution in [2.75, 3.05) is 6.61 Å². The van der Waals surface area contributed by atoms with Crippen LogP contribution in [0.2, 0.25) is 0 Å². The van der Waals surface area contributed by atoms with Gasteiger partial charge in [-0.2, -0.15) is 5.10 Å². The molecule has 0 spiro atoms. The van der Waals surface area contributed by atoms with Crippen LogP contribution < -0.4 is 5.73 Å². The fourth-order valence-electron chi connectivity index (χ4n) is 2.35. The van der Waals surface area contributed by atoms with Crippen LogP contribution in [-0.4, -0.2) is 21.8 Å². The van der Waals surface area contributed by atoms with Gasteiger partial charge in [-0.1, -0.05) is 30.3 Å². The standard InChI is InChI=1S/C14H18N4O/c15-11(9-10-5-2-1-3-6-10)13-16-14(18-17-13)12-7-4-8-19-12/h1-3,5-6,11-12H,4,7-9,15H2,(H,16,17,18)/t11-,12+/m1/s1. The van der Waals surface area contributed by atoms with Crippen molar-refractivity contribution < 1.29 is 4.74 Å². The molecule has 0 bridgehead atoms. The third-order valence-electron chi connectivity index (χ3n) is 3.38. The van der Waals surface area contributed by atoms with E-state index in [0.717, 1.165) is 31.7 Å². The molecule has 3 rings (SSSR count). The zero-order chi connectivity index (χ0) is 13.1. The van der Waals surface area contributed by atoms with Crippen LogP contribution in [0, 0.1) is 0 Å². The number of hydrogen-bond acceptors (Lipinski definition) is 4. The summed E-state index contributed by atoms with van der Waals surface area (Å²) in [5.41, 5.74) is 7.35. The number of hydrogen-bond donors (Lipinski definition) is 2. The molecule has 1 aromatic carbocycles. The minimum absolute atomic E-state index is 0.0603. The summed E-state index contributed by atoms with van der Waals surface area (Å²) in [6.07, 6.45) is 2.88. The van der Waals surface area contributed by atoms with Crippen LogP contribution in [0.15, 0.2) is 30.3 Å². The summed E-state index contributed by atoms with van der Waals surface area (Å²) in [7, 11) is 0. The molecule has 3 N–H and O–H groups in total. The monoisotopic (exact) mass is 258 g/mol.